The SMILES string of the molecule is Cn1nc(COc2cccc(C(=O)O)c2)c2ccccc21. The molecule has 5 nitrogen and oxygen atoms in total. The largest absolute Gasteiger partial charge is 0.487 e. The van der Waals surface area contributed by atoms with Gasteiger partial charge in [0.25, 0.3) is 0 Å². The van der Waals surface area contributed by atoms with Crippen molar-refractivity contribution in [3.63, 3.8) is 0 Å². The summed E-state index contributed by atoms with van der Waals surface area (Å²) in [6.07, 6.45) is 0. The van der Waals surface area contributed by atoms with Gasteiger partial charge in [0.2, 0.25) is 0 Å². The zero-order chi connectivity index (χ0) is 14.8. The number of carboxylic acids is 1. The highest BCUT2D eigenvalue weighted by Crippen LogP contribution is 2.20. The first-order chi connectivity index (χ1) is 10.1. The molecule has 0 spiro atoms. The van der Waals surface area contributed by atoms with Crippen molar-refractivity contribution < 1.29 is 14.6 Å². The summed E-state index contributed by atoms with van der Waals surface area (Å²) in [7, 11) is 1.89. The summed E-state index contributed by atoms with van der Waals surface area (Å²) in [6.45, 7) is 0.296. The molecule has 0 radical (unpaired) electrons. The number of hydrogen-bond acceptors (Lipinski definition) is 3. The van der Waals surface area contributed by atoms with E-state index in [0.717, 1.165) is 16.6 Å². The van der Waals surface area contributed by atoms with E-state index in [-0.39, 0.29) is 5.56 Å². The lowest BCUT2D eigenvalue weighted by Gasteiger charge is -2.05. The summed E-state index contributed by atoms with van der Waals surface area (Å²) in [5.74, 6) is -0.451. The second-order valence-electron chi connectivity index (χ2n) is 4.71. The molecule has 0 amide bonds. The molecule has 0 saturated heterocycles. The number of rotatable bonds is 4. The van der Waals surface area contributed by atoms with Crippen molar-refractivity contribution in [1.29, 1.82) is 0 Å². The Morgan fingerprint density at radius 2 is 2.05 bits per heavy atom. The number of nitrogens with zero attached hydrogens (tertiary/aromatic N) is 2. The Hall–Kier alpha value is -2.82. The van der Waals surface area contributed by atoms with E-state index in [0.29, 0.717) is 12.4 Å². The molecule has 3 aromatic rings. The molecule has 21 heavy (non-hydrogen) atoms. The topological polar surface area (TPSA) is 64.4 Å². The van der Waals surface area contributed by atoms with E-state index in [4.69, 9.17) is 9.84 Å². The number of aryl methyl sites for hydroxylation is 1. The molecule has 1 N–H and O–H groups in total. The van der Waals surface area contributed by atoms with Gasteiger partial charge in [0.15, 0.2) is 0 Å². The van der Waals surface area contributed by atoms with Gasteiger partial charge in [-0.15, -0.1) is 0 Å². The van der Waals surface area contributed by atoms with E-state index in [2.05, 4.69) is 5.10 Å². The zero-order valence-electron chi connectivity index (χ0n) is 11.5. The van der Waals surface area contributed by atoms with Crippen LogP contribution in [0.3, 0.4) is 0 Å². The second-order valence-corrected chi connectivity index (χ2v) is 4.71. The Morgan fingerprint density at radius 3 is 2.86 bits per heavy atom. The van der Waals surface area contributed by atoms with Gasteiger partial charge in [0.05, 0.1) is 11.1 Å². The van der Waals surface area contributed by atoms with Gasteiger partial charge in [-0.25, -0.2) is 4.79 Å². The zero-order valence-corrected chi connectivity index (χ0v) is 11.5. The van der Waals surface area contributed by atoms with Crippen LogP contribution >= 0.6 is 0 Å². The summed E-state index contributed by atoms with van der Waals surface area (Å²) in [4.78, 5) is 10.9. The maximum absolute atomic E-state index is 10.9. The van der Waals surface area contributed by atoms with Gasteiger partial charge >= 0.3 is 5.97 Å². The number of benzene rings is 2. The smallest absolute Gasteiger partial charge is 0.335 e. The molecule has 0 aliphatic carbocycles. The van der Waals surface area contributed by atoms with Crippen LogP contribution in [0.1, 0.15) is 16.1 Å². The average Bonchev–Trinajstić information content (AvgIpc) is 2.82. The molecule has 0 aliphatic heterocycles. The third-order valence-corrected chi connectivity index (χ3v) is 3.29. The van der Waals surface area contributed by atoms with Gasteiger partial charge in [0.1, 0.15) is 18.1 Å². The molecule has 0 aliphatic rings. The van der Waals surface area contributed by atoms with Crippen molar-refractivity contribution in [2.75, 3.05) is 0 Å². The van der Waals surface area contributed by atoms with Crippen molar-refractivity contribution >= 4 is 16.9 Å². The summed E-state index contributed by atoms with van der Waals surface area (Å²) < 4.78 is 7.47. The fraction of sp³-hybridized carbons (Fsp3) is 0.125. The third kappa shape index (κ3) is 2.58. The van der Waals surface area contributed by atoms with Crippen molar-refractivity contribution in [3.05, 3.63) is 59.8 Å². The quantitative estimate of drug-likeness (QED) is 0.799. The van der Waals surface area contributed by atoms with E-state index in [1.165, 1.54) is 12.1 Å². The van der Waals surface area contributed by atoms with Crippen LogP contribution in [0.4, 0.5) is 0 Å². The predicted octanol–water partition coefficient (Wildman–Crippen LogP) is 2.85. The summed E-state index contributed by atoms with van der Waals surface area (Å²) in [5, 5.41) is 14.4. The first kappa shape index (κ1) is 13.2. The highest BCUT2D eigenvalue weighted by atomic mass is 16.5. The number of hydrogen-bond donors (Lipinski definition) is 1. The van der Waals surface area contributed by atoms with Crippen molar-refractivity contribution in [3.8, 4) is 5.75 Å². The second kappa shape index (κ2) is 5.28. The number of para-hydroxylation sites is 1. The van der Waals surface area contributed by atoms with Gasteiger partial charge in [-0.2, -0.15) is 5.10 Å². The van der Waals surface area contributed by atoms with Crippen LogP contribution in [0.25, 0.3) is 10.9 Å². The average molecular weight is 282 g/mol. The molecule has 5 heteroatoms. The number of carbonyl (C=O) groups is 1. The minimum Gasteiger partial charge on any atom is -0.487 e. The van der Waals surface area contributed by atoms with E-state index >= 15 is 0 Å². The number of fused-ring (bicyclic) bond motifs is 1. The number of ether oxygens (including phenoxy) is 1. The lowest BCUT2D eigenvalue weighted by molar-refractivity contribution is 0.0696. The molecular formula is C16H14N2O3. The number of carboxylic acid groups (broad SMARTS) is 1. The maximum atomic E-state index is 10.9. The van der Waals surface area contributed by atoms with E-state index in [1.54, 1.807) is 12.1 Å². The molecular weight excluding hydrogens is 268 g/mol. The molecule has 106 valence electrons. The Labute approximate surface area is 121 Å². The van der Waals surface area contributed by atoms with Crippen LogP contribution in [0.2, 0.25) is 0 Å². The Balaban J connectivity index is 1.84. The van der Waals surface area contributed by atoms with Crippen LogP contribution in [0.5, 0.6) is 5.75 Å². The molecule has 0 atom stereocenters. The molecule has 3 rings (SSSR count). The number of aromatic nitrogens is 2. The predicted molar refractivity (Wildman–Crippen MR) is 78.4 cm³/mol. The molecule has 0 fully saturated rings. The minimum atomic E-state index is -0.969. The van der Waals surface area contributed by atoms with Gasteiger partial charge in [-0.3, -0.25) is 4.68 Å². The van der Waals surface area contributed by atoms with Gasteiger partial charge < -0.3 is 9.84 Å². The van der Waals surface area contributed by atoms with Crippen molar-refractivity contribution in [2.24, 2.45) is 7.05 Å². The van der Waals surface area contributed by atoms with Gasteiger partial charge in [-0.05, 0) is 24.3 Å². The van der Waals surface area contributed by atoms with Crippen LogP contribution in [0, 0.1) is 0 Å². The highest BCUT2D eigenvalue weighted by Gasteiger charge is 2.09. The lowest BCUT2D eigenvalue weighted by atomic mass is 10.2. The van der Waals surface area contributed by atoms with Gasteiger partial charge in [0, 0.05) is 12.4 Å². The highest BCUT2D eigenvalue weighted by molar-refractivity contribution is 5.88. The first-order valence-corrected chi connectivity index (χ1v) is 6.52. The molecule has 0 bridgehead atoms. The molecule has 0 saturated carbocycles. The fourth-order valence-corrected chi connectivity index (χ4v) is 2.27. The molecule has 0 unspecified atom stereocenters. The van der Waals surface area contributed by atoms with E-state index < -0.39 is 5.97 Å². The fourth-order valence-electron chi connectivity index (χ4n) is 2.27. The van der Waals surface area contributed by atoms with Crippen LogP contribution < -0.4 is 4.74 Å². The standard InChI is InChI=1S/C16H14N2O3/c1-18-15-8-3-2-7-13(15)14(17-18)10-21-12-6-4-5-11(9-12)16(19)20/h2-9H,10H2,1H3,(H,19,20). The van der Waals surface area contributed by atoms with Crippen LogP contribution in [-0.2, 0) is 13.7 Å². The van der Waals surface area contributed by atoms with E-state index in [1.807, 2.05) is 36.0 Å². The van der Waals surface area contributed by atoms with Crippen LogP contribution in [0.15, 0.2) is 48.5 Å². The van der Waals surface area contributed by atoms with Gasteiger partial charge in [-0.1, -0.05) is 24.3 Å². The Bertz CT molecular complexity index is 808. The Morgan fingerprint density at radius 1 is 1.24 bits per heavy atom. The third-order valence-electron chi connectivity index (χ3n) is 3.29. The first-order valence-electron chi connectivity index (χ1n) is 6.52. The van der Waals surface area contributed by atoms with E-state index in [9.17, 15) is 4.79 Å². The van der Waals surface area contributed by atoms with Crippen LogP contribution in [-0.4, -0.2) is 20.9 Å². The molecule has 1 aromatic heterocycles. The minimum absolute atomic E-state index is 0.207. The molecule has 2 aromatic carbocycles. The monoisotopic (exact) mass is 282 g/mol. The summed E-state index contributed by atoms with van der Waals surface area (Å²) in [5.41, 5.74) is 2.07. The lowest BCUT2D eigenvalue weighted by Crippen LogP contribution is -2.00. The Kier molecular flexibility index (Phi) is 3.31. The van der Waals surface area contributed by atoms with Crippen molar-refractivity contribution in [1.82, 2.24) is 9.78 Å². The maximum Gasteiger partial charge on any atom is 0.335 e. The summed E-state index contributed by atoms with van der Waals surface area (Å²) >= 11 is 0. The normalized spacial score (nSPS) is 10.7. The summed E-state index contributed by atoms with van der Waals surface area (Å²) in [6, 6.07) is 14.3. The van der Waals surface area contributed by atoms with Crippen molar-refractivity contribution in [2.45, 2.75) is 6.61 Å². The molecule has 1 heterocycles. The number of aromatic carboxylic acids is 1.